The van der Waals surface area contributed by atoms with Gasteiger partial charge in [-0.15, -0.1) is 0 Å². The maximum absolute atomic E-state index is 12.6. The molecule has 0 radical (unpaired) electrons. The molecule has 0 aliphatic carbocycles. The van der Waals surface area contributed by atoms with Gasteiger partial charge in [-0.05, 0) is 48.2 Å². The molecule has 1 amide bonds. The van der Waals surface area contributed by atoms with Crippen molar-refractivity contribution in [2.24, 2.45) is 5.92 Å². The highest BCUT2D eigenvalue weighted by Crippen LogP contribution is 2.22. The second-order valence-corrected chi connectivity index (χ2v) is 5.51. The van der Waals surface area contributed by atoms with E-state index in [2.05, 4.69) is 11.1 Å². The van der Waals surface area contributed by atoms with E-state index < -0.39 is 0 Å². The second kappa shape index (κ2) is 6.40. The van der Waals surface area contributed by atoms with Crippen LogP contribution in [0.2, 0.25) is 0 Å². The minimum absolute atomic E-state index is 0.0484. The number of nitriles is 1. The summed E-state index contributed by atoms with van der Waals surface area (Å²) in [6.07, 6.45) is 5.03. The van der Waals surface area contributed by atoms with Crippen molar-refractivity contribution >= 4 is 5.91 Å². The predicted octanol–water partition coefficient (Wildman–Crippen LogP) is 3.12. The topological polar surface area (TPSA) is 57.0 Å². The fourth-order valence-electron chi connectivity index (χ4n) is 2.77. The average Bonchev–Trinajstić information content (AvgIpc) is 2.62. The van der Waals surface area contributed by atoms with Gasteiger partial charge in [0.15, 0.2) is 0 Å². The SMILES string of the molecule is N#CC1CCN(C(=O)c2cccc(-c3ccncc3)c2)CC1. The molecular weight excluding hydrogens is 274 g/mol. The molecule has 1 saturated heterocycles. The number of piperidine rings is 1. The molecular formula is C18H17N3O. The highest BCUT2D eigenvalue weighted by Gasteiger charge is 2.23. The summed E-state index contributed by atoms with van der Waals surface area (Å²) < 4.78 is 0. The molecule has 0 saturated carbocycles. The van der Waals surface area contributed by atoms with E-state index in [9.17, 15) is 4.79 Å². The van der Waals surface area contributed by atoms with Crippen molar-refractivity contribution in [1.29, 1.82) is 5.26 Å². The van der Waals surface area contributed by atoms with Gasteiger partial charge < -0.3 is 4.90 Å². The maximum Gasteiger partial charge on any atom is 0.253 e. The Kier molecular flexibility index (Phi) is 4.15. The van der Waals surface area contributed by atoms with Gasteiger partial charge in [-0.2, -0.15) is 5.26 Å². The number of hydrogen-bond acceptors (Lipinski definition) is 3. The van der Waals surface area contributed by atoms with Crippen LogP contribution in [0.5, 0.6) is 0 Å². The van der Waals surface area contributed by atoms with E-state index in [-0.39, 0.29) is 11.8 Å². The van der Waals surface area contributed by atoms with E-state index in [4.69, 9.17) is 5.26 Å². The van der Waals surface area contributed by atoms with Crippen molar-refractivity contribution in [3.8, 4) is 17.2 Å². The van der Waals surface area contributed by atoms with Crippen LogP contribution in [0.3, 0.4) is 0 Å². The molecule has 0 spiro atoms. The van der Waals surface area contributed by atoms with Gasteiger partial charge in [-0.1, -0.05) is 12.1 Å². The van der Waals surface area contributed by atoms with E-state index >= 15 is 0 Å². The first-order valence-corrected chi connectivity index (χ1v) is 7.47. The van der Waals surface area contributed by atoms with Crippen LogP contribution in [0, 0.1) is 17.2 Å². The number of aromatic nitrogens is 1. The van der Waals surface area contributed by atoms with Crippen LogP contribution >= 0.6 is 0 Å². The number of carbonyl (C=O) groups excluding carboxylic acids is 1. The summed E-state index contributed by atoms with van der Waals surface area (Å²) in [6, 6.07) is 13.8. The van der Waals surface area contributed by atoms with Crippen LogP contribution in [0.1, 0.15) is 23.2 Å². The summed E-state index contributed by atoms with van der Waals surface area (Å²) in [6.45, 7) is 1.33. The number of nitrogens with zero attached hydrogens (tertiary/aromatic N) is 3. The van der Waals surface area contributed by atoms with Crippen LogP contribution in [-0.4, -0.2) is 28.9 Å². The molecule has 3 rings (SSSR count). The molecule has 1 aliphatic heterocycles. The molecule has 1 aromatic carbocycles. The number of carbonyl (C=O) groups is 1. The molecule has 4 nitrogen and oxygen atoms in total. The van der Waals surface area contributed by atoms with Crippen LogP contribution < -0.4 is 0 Å². The van der Waals surface area contributed by atoms with Crippen molar-refractivity contribution < 1.29 is 4.79 Å². The first-order valence-electron chi connectivity index (χ1n) is 7.47. The smallest absolute Gasteiger partial charge is 0.253 e. The van der Waals surface area contributed by atoms with Gasteiger partial charge in [-0.25, -0.2) is 0 Å². The van der Waals surface area contributed by atoms with E-state index in [1.54, 1.807) is 12.4 Å². The Labute approximate surface area is 130 Å². The molecule has 0 atom stereocenters. The zero-order valence-corrected chi connectivity index (χ0v) is 12.3. The van der Waals surface area contributed by atoms with Gasteiger partial charge in [-0.3, -0.25) is 9.78 Å². The fraction of sp³-hybridized carbons (Fsp3) is 0.278. The minimum Gasteiger partial charge on any atom is -0.339 e. The third-order valence-corrected chi connectivity index (χ3v) is 4.09. The maximum atomic E-state index is 12.6. The summed E-state index contributed by atoms with van der Waals surface area (Å²) in [5.41, 5.74) is 2.76. The summed E-state index contributed by atoms with van der Waals surface area (Å²) in [5.74, 6) is 0.138. The fourth-order valence-corrected chi connectivity index (χ4v) is 2.77. The number of hydrogen-bond donors (Lipinski definition) is 0. The summed E-state index contributed by atoms with van der Waals surface area (Å²) in [4.78, 5) is 18.5. The minimum atomic E-state index is 0.0484. The first-order chi connectivity index (χ1) is 10.8. The number of rotatable bonds is 2. The number of likely N-dealkylation sites (tertiary alicyclic amines) is 1. The number of benzene rings is 1. The van der Waals surface area contributed by atoms with Gasteiger partial charge in [0.1, 0.15) is 0 Å². The van der Waals surface area contributed by atoms with Crippen LogP contribution in [-0.2, 0) is 0 Å². The van der Waals surface area contributed by atoms with Gasteiger partial charge in [0.2, 0.25) is 0 Å². The molecule has 1 fully saturated rings. The summed E-state index contributed by atoms with van der Waals surface area (Å²) in [5, 5.41) is 8.94. The summed E-state index contributed by atoms with van der Waals surface area (Å²) >= 11 is 0. The van der Waals surface area contributed by atoms with Gasteiger partial charge in [0.25, 0.3) is 5.91 Å². The number of pyridine rings is 1. The molecule has 22 heavy (non-hydrogen) atoms. The summed E-state index contributed by atoms with van der Waals surface area (Å²) in [7, 11) is 0. The van der Waals surface area contributed by atoms with E-state index in [1.165, 1.54) is 0 Å². The Bertz CT molecular complexity index is 698. The molecule has 0 bridgehead atoms. The first kappa shape index (κ1) is 14.3. The van der Waals surface area contributed by atoms with E-state index in [0.29, 0.717) is 18.7 Å². The molecule has 1 aliphatic rings. The van der Waals surface area contributed by atoms with Crippen LogP contribution in [0.25, 0.3) is 11.1 Å². The highest BCUT2D eigenvalue weighted by molar-refractivity contribution is 5.95. The lowest BCUT2D eigenvalue weighted by Gasteiger charge is -2.29. The van der Waals surface area contributed by atoms with Crippen molar-refractivity contribution in [2.75, 3.05) is 13.1 Å². The van der Waals surface area contributed by atoms with Gasteiger partial charge >= 0.3 is 0 Å². The van der Waals surface area contributed by atoms with Crippen molar-refractivity contribution in [2.45, 2.75) is 12.8 Å². The zero-order chi connectivity index (χ0) is 15.4. The molecule has 110 valence electrons. The Morgan fingerprint density at radius 2 is 1.86 bits per heavy atom. The third-order valence-electron chi connectivity index (χ3n) is 4.09. The van der Waals surface area contributed by atoms with Crippen LogP contribution in [0.4, 0.5) is 0 Å². The average molecular weight is 291 g/mol. The Morgan fingerprint density at radius 3 is 2.55 bits per heavy atom. The third kappa shape index (κ3) is 2.99. The van der Waals surface area contributed by atoms with E-state index in [0.717, 1.165) is 24.0 Å². The molecule has 1 aromatic heterocycles. The highest BCUT2D eigenvalue weighted by atomic mass is 16.2. The molecule has 0 unspecified atom stereocenters. The molecule has 0 N–H and O–H groups in total. The van der Waals surface area contributed by atoms with Crippen LogP contribution in [0.15, 0.2) is 48.8 Å². The van der Waals surface area contributed by atoms with Crippen molar-refractivity contribution in [1.82, 2.24) is 9.88 Å². The van der Waals surface area contributed by atoms with Crippen molar-refractivity contribution in [3.05, 3.63) is 54.4 Å². The van der Waals surface area contributed by atoms with Gasteiger partial charge in [0.05, 0.1) is 6.07 Å². The Morgan fingerprint density at radius 1 is 1.14 bits per heavy atom. The van der Waals surface area contributed by atoms with E-state index in [1.807, 2.05) is 41.3 Å². The lowest BCUT2D eigenvalue weighted by Crippen LogP contribution is -2.38. The van der Waals surface area contributed by atoms with Gasteiger partial charge in [0, 0.05) is 37.0 Å². The predicted molar refractivity (Wildman–Crippen MR) is 83.9 cm³/mol. The monoisotopic (exact) mass is 291 g/mol. The normalized spacial score (nSPS) is 15.3. The molecule has 2 aromatic rings. The second-order valence-electron chi connectivity index (χ2n) is 5.51. The Balaban J connectivity index is 1.78. The lowest BCUT2D eigenvalue weighted by molar-refractivity contribution is 0.0707. The largest absolute Gasteiger partial charge is 0.339 e. The zero-order valence-electron chi connectivity index (χ0n) is 12.3. The molecule has 4 heteroatoms. The quantitative estimate of drug-likeness (QED) is 0.854. The molecule has 2 heterocycles. The Hall–Kier alpha value is -2.67. The number of amides is 1. The lowest BCUT2D eigenvalue weighted by atomic mass is 9.97. The standard InChI is InChI=1S/C18H17N3O/c19-13-14-6-10-21(11-7-14)18(22)17-3-1-2-16(12-17)15-4-8-20-9-5-15/h1-5,8-9,12,14H,6-7,10-11H2. The van der Waals surface area contributed by atoms with Crippen molar-refractivity contribution in [3.63, 3.8) is 0 Å².